The summed E-state index contributed by atoms with van der Waals surface area (Å²) in [5.74, 6) is -0.236. The molecule has 4 N–H and O–H groups in total. The van der Waals surface area contributed by atoms with E-state index >= 15 is 0 Å². The molecule has 0 bridgehead atoms. The van der Waals surface area contributed by atoms with Gasteiger partial charge in [0.05, 0.1) is 10.0 Å². The number of halogens is 2. The van der Waals surface area contributed by atoms with Crippen molar-refractivity contribution in [2.24, 2.45) is 5.73 Å². The molecule has 5 nitrogen and oxygen atoms in total. The fourth-order valence-electron chi connectivity index (χ4n) is 1.88. The highest BCUT2D eigenvalue weighted by Gasteiger charge is 2.00. The Morgan fingerprint density at radius 3 is 2.38 bits per heavy atom. The molecular weight excluding hydrogens is 349 g/mol. The van der Waals surface area contributed by atoms with Gasteiger partial charge in [-0.15, -0.1) is 0 Å². The highest BCUT2D eigenvalue weighted by atomic mass is 35.5. The van der Waals surface area contributed by atoms with Crippen LogP contribution >= 0.6 is 23.2 Å². The van der Waals surface area contributed by atoms with Gasteiger partial charge in [0.1, 0.15) is 0 Å². The van der Waals surface area contributed by atoms with Crippen molar-refractivity contribution in [3.63, 3.8) is 0 Å². The average molecular weight is 364 g/mol. The highest BCUT2D eigenvalue weighted by molar-refractivity contribution is 6.42. The zero-order chi connectivity index (χ0) is 17.5. The van der Waals surface area contributed by atoms with E-state index in [1.807, 2.05) is 0 Å². The molecule has 0 aliphatic heterocycles. The van der Waals surface area contributed by atoms with Gasteiger partial charge in [0.2, 0.25) is 5.91 Å². The number of primary amides is 1. The minimum Gasteiger partial charge on any atom is -0.351 e. The number of urea groups is 1. The summed E-state index contributed by atoms with van der Waals surface area (Å²) in [6.45, 7) is 0.362. The van der Waals surface area contributed by atoms with E-state index in [-0.39, 0.29) is 5.91 Å². The van der Waals surface area contributed by atoms with Crippen LogP contribution in [0.3, 0.4) is 0 Å². The molecule has 0 aromatic heterocycles. The van der Waals surface area contributed by atoms with Crippen LogP contribution in [0, 0.1) is 0 Å². The van der Waals surface area contributed by atoms with Gasteiger partial charge in [0, 0.05) is 18.3 Å². The van der Waals surface area contributed by atoms with Gasteiger partial charge in [-0.3, -0.25) is 4.79 Å². The molecule has 0 unspecified atom stereocenters. The summed E-state index contributed by atoms with van der Waals surface area (Å²) < 4.78 is 0. The van der Waals surface area contributed by atoms with Crippen LogP contribution < -0.4 is 16.4 Å². The first-order valence-corrected chi connectivity index (χ1v) is 7.76. The van der Waals surface area contributed by atoms with Gasteiger partial charge < -0.3 is 16.4 Å². The van der Waals surface area contributed by atoms with Crippen molar-refractivity contribution in [2.45, 2.75) is 6.54 Å². The Morgan fingerprint density at radius 1 is 1.04 bits per heavy atom. The van der Waals surface area contributed by atoms with E-state index in [0.717, 1.165) is 11.1 Å². The minimum atomic E-state index is -0.622. The summed E-state index contributed by atoms with van der Waals surface area (Å²) in [5.41, 5.74) is 7.29. The lowest BCUT2D eigenvalue weighted by Gasteiger charge is -2.05. The number of hydrogen-bond donors (Lipinski definition) is 3. The zero-order valence-corrected chi connectivity index (χ0v) is 14.1. The lowest BCUT2D eigenvalue weighted by Crippen LogP contribution is -2.20. The molecule has 0 aliphatic carbocycles. The van der Waals surface area contributed by atoms with Gasteiger partial charge in [-0.2, -0.15) is 0 Å². The Labute approximate surface area is 149 Å². The molecule has 0 fully saturated rings. The van der Waals surface area contributed by atoms with Crippen molar-refractivity contribution in [1.82, 2.24) is 5.32 Å². The molecular formula is C17H15Cl2N3O2. The van der Waals surface area contributed by atoms with Crippen molar-refractivity contribution in [3.8, 4) is 0 Å². The Morgan fingerprint density at radius 2 is 1.75 bits per heavy atom. The molecule has 0 spiro atoms. The maximum absolute atomic E-state index is 11.8. The molecule has 0 heterocycles. The third-order valence-electron chi connectivity index (χ3n) is 3.06. The summed E-state index contributed by atoms with van der Waals surface area (Å²) in [6, 6.07) is 11.5. The predicted molar refractivity (Wildman–Crippen MR) is 97.0 cm³/mol. The lowest BCUT2D eigenvalue weighted by atomic mass is 10.2. The number of amides is 3. The third kappa shape index (κ3) is 5.61. The molecule has 0 saturated heterocycles. The number of rotatable bonds is 5. The molecule has 0 saturated carbocycles. The standard InChI is InChI=1S/C17H15Cl2N3O2/c18-14-7-3-11(9-15(14)19)4-8-16(23)21-10-12-1-5-13(6-2-12)22-17(20)24/h1-9H,10H2,(H,21,23)(H3,20,22,24)/b8-4+. The number of nitrogens with one attached hydrogen (secondary N) is 2. The molecule has 0 aliphatic rings. The average Bonchev–Trinajstić information content (AvgIpc) is 2.55. The van der Waals surface area contributed by atoms with E-state index < -0.39 is 6.03 Å². The van der Waals surface area contributed by atoms with Crippen LogP contribution in [0.2, 0.25) is 10.0 Å². The Hall–Kier alpha value is -2.50. The number of carbonyl (C=O) groups excluding carboxylic acids is 2. The van der Waals surface area contributed by atoms with Crippen LogP contribution in [0.25, 0.3) is 6.08 Å². The van der Waals surface area contributed by atoms with Crippen molar-refractivity contribution < 1.29 is 9.59 Å². The summed E-state index contributed by atoms with van der Waals surface area (Å²) in [6.07, 6.45) is 3.07. The first-order valence-electron chi connectivity index (χ1n) is 7.00. The molecule has 7 heteroatoms. The smallest absolute Gasteiger partial charge is 0.316 e. The summed E-state index contributed by atoms with van der Waals surface area (Å²) >= 11 is 11.7. The quantitative estimate of drug-likeness (QED) is 0.705. The van der Waals surface area contributed by atoms with Crippen molar-refractivity contribution in [1.29, 1.82) is 0 Å². The summed E-state index contributed by atoms with van der Waals surface area (Å²) in [4.78, 5) is 22.6. The normalized spacial score (nSPS) is 10.6. The fraction of sp³-hybridized carbons (Fsp3) is 0.0588. The van der Waals surface area contributed by atoms with E-state index in [0.29, 0.717) is 22.3 Å². The molecule has 24 heavy (non-hydrogen) atoms. The Bertz CT molecular complexity index is 774. The van der Waals surface area contributed by atoms with Gasteiger partial charge in [0.25, 0.3) is 0 Å². The summed E-state index contributed by atoms with van der Waals surface area (Å²) in [7, 11) is 0. The Kier molecular flexibility index (Phi) is 6.23. The monoisotopic (exact) mass is 363 g/mol. The highest BCUT2D eigenvalue weighted by Crippen LogP contribution is 2.23. The molecule has 0 radical (unpaired) electrons. The van der Waals surface area contributed by atoms with E-state index in [4.69, 9.17) is 28.9 Å². The van der Waals surface area contributed by atoms with E-state index in [1.165, 1.54) is 6.08 Å². The number of benzene rings is 2. The molecule has 2 aromatic rings. The molecule has 124 valence electrons. The van der Waals surface area contributed by atoms with Gasteiger partial charge in [-0.1, -0.05) is 41.4 Å². The number of hydrogen-bond acceptors (Lipinski definition) is 2. The van der Waals surface area contributed by atoms with E-state index in [1.54, 1.807) is 48.5 Å². The lowest BCUT2D eigenvalue weighted by molar-refractivity contribution is -0.116. The van der Waals surface area contributed by atoms with Crippen LogP contribution in [0.4, 0.5) is 10.5 Å². The van der Waals surface area contributed by atoms with Gasteiger partial charge >= 0.3 is 6.03 Å². The second-order valence-corrected chi connectivity index (χ2v) is 5.73. The van der Waals surface area contributed by atoms with Gasteiger partial charge in [-0.25, -0.2) is 4.79 Å². The summed E-state index contributed by atoms with van der Waals surface area (Å²) in [5, 5.41) is 6.12. The topological polar surface area (TPSA) is 84.2 Å². The van der Waals surface area contributed by atoms with E-state index in [2.05, 4.69) is 10.6 Å². The molecule has 3 amide bonds. The first-order chi connectivity index (χ1) is 11.4. The zero-order valence-electron chi connectivity index (χ0n) is 12.6. The van der Waals surface area contributed by atoms with Crippen LogP contribution in [0.1, 0.15) is 11.1 Å². The van der Waals surface area contributed by atoms with Crippen molar-refractivity contribution in [2.75, 3.05) is 5.32 Å². The van der Waals surface area contributed by atoms with Crippen molar-refractivity contribution in [3.05, 3.63) is 69.7 Å². The minimum absolute atomic E-state index is 0.236. The third-order valence-corrected chi connectivity index (χ3v) is 3.80. The maximum atomic E-state index is 11.8. The molecule has 0 atom stereocenters. The Balaban J connectivity index is 1.87. The van der Waals surface area contributed by atoms with Crippen LogP contribution in [0.15, 0.2) is 48.5 Å². The molecule has 2 rings (SSSR count). The molecule has 2 aromatic carbocycles. The van der Waals surface area contributed by atoms with Gasteiger partial charge in [-0.05, 0) is 41.5 Å². The predicted octanol–water partition coefficient (Wildman–Crippen LogP) is 3.81. The number of carbonyl (C=O) groups is 2. The van der Waals surface area contributed by atoms with Gasteiger partial charge in [0.15, 0.2) is 0 Å². The SMILES string of the molecule is NC(=O)Nc1ccc(CNC(=O)/C=C/c2ccc(Cl)c(Cl)c2)cc1. The fourth-order valence-corrected chi connectivity index (χ4v) is 2.19. The van der Waals surface area contributed by atoms with Crippen LogP contribution in [-0.2, 0) is 11.3 Å². The van der Waals surface area contributed by atoms with Crippen LogP contribution in [-0.4, -0.2) is 11.9 Å². The largest absolute Gasteiger partial charge is 0.351 e. The maximum Gasteiger partial charge on any atom is 0.316 e. The number of nitrogens with two attached hydrogens (primary N) is 1. The number of anilines is 1. The second-order valence-electron chi connectivity index (χ2n) is 4.91. The van der Waals surface area contributed by atoms with E-state index in [9.17, 15) is 9.59 Å². The van der Waals surface area contributed by atoms with Crippen molar-refractivity contribution >= 4 is 46.9 Å². The second kappa shape index (κ2) is 8.38. The first kappa shape index (κ1) is 17.8. The van der Waals surface area contributed by atoms with Crippen LogP contribution in [0.5, 0.6) is 0 Å².